The molecule has 2 aromatic carbocycles. The normalized spacial score (nSPS) is 10.3. The topological polar surface area (TPSA) is 55.2 Å². The molecule has 0 bridgehead atoms. The molecule has 20 heavy (non-hydrogen) atoms. The van der Waals surface area contributed by atoms with Crippen molar-refractivity contribution < 1.29 is 4.92 Å². The molecule has 0 fully saturated rings. The molecule has 0 saturated carbocycles. The summed E-state index contributed by atoms with van der Waals surface area (Å²) in [4.78, 5) is 10.3. The summed E-state index contributed by atoms with van der Waals surface area (Å²) in [7, 11) is 0. The highest BCUT2D eigenvalue weighted by Crippen LogP contribution is 2.26. The number of benzene rings is 2. The number of rotatable bonds is 4. The van der Waals surface area contributed by atoms with Gasteiger partial charge in [0.15, 0.2) is 0 Å². The molecule has 104 valence electrons. The number of aryl methyl sites for hydroxylation is 1. The Kier molecular flexibility index (Phi) is 4.47. The van der Waals surface area contributed by atoms with Crippen LogP contribution < -0.4 is 5.32 Å². The van der Waals surface area contributed by atoms with Gasteiger partial charge in [0.05, 0.1) is 15.6 Å². The minimum absolute atomic E-state index is 0.0153. The summed E-state index contributed by atoms with van der Waals surface area (Å²) in [5.74, 6) is 0. The zero-order chi connectivity index (χ0) is 14.7. The second kappa shape index (κ2) is 6.11. The average Bonchev–Trinajstić information content (AvgIpc) is 2.41. The lowest BCUT2D eigenvalue weighted by atomic mass is 10.2. The van der Waals surface area contributed by atoms with Crippen LogP contribution in [0.25, 0.3) is 0 Å². The van der Waals surface area contributed by atoms with Crippen LogP contribution in [-0.2, 0) is 6.54 Å². The summed E-state index contributed by atoms with van der Waals surface area (Å²) >= 11 is 12.1. The Hall–Kier alpha value is -1.78. The summed E-state index contributed by atoms with van der Waals surface area (Å²) in [5, 5.41) is 15.0. The van der Waals surface area contributed by atoms with Gasteiger partial charge in [0.25, 0.3) is 5.69 Å². The van der Waals surface area contributed by atoms with E-state index in [1.54, 1.807) is 6.07 Å². The van der Waals surface area contributed by atoms with Crippen LogP contribution in [-0.4, -0.2) is 4.92 Å². The number of nitrogens with one attached hydrogen (secondary N) is 1. The molecule has 0 radical (unpaired) electrons. The number of nitrogens with zero attached hydrogens (tertiary/aromatic N) is 1. The Bertz CT molecular complexity index is 660. The first-order chi connectivity index (χ1) is 9.47. The van der Waals surface area contributed by atoms with Gasteiger partial charge < -0.3 is 5.32 Å². The van der Waals surface area contributed by atoms with Crippen molar-refractivity contribution in [1.29, 1.82) is 0 Å². The largest absolute Gasteiger partial charge is 0.380 e. The first kappa shape index (κ1) is 14.6. The molecule has 4 nitrogen and oxygen atoms in total. The van der Waals surface area contributed by atoms with Crippen molar-refractivity contribution in [3.8, 4) is 0 Å². The molecule has 0 aliphatic heterocycles. The standard InChI is InChI=1S/C14H12Cl2N2O2/c1-9-2-4-13(16)14(6-9)17-8-10-7-11(18(19)20)3-5-12(10)15/h2-7,17H,8H2,1H3. The van der Waals surface area contributed by atoms with Gasteiger partial charge in [-0.25, -0.2) is 0 Å². The maximum Gasteiger partial charge on any atom is 0.269 e. The van der Waals surface area contributed by atoms with Crippen molar-refractivity contribution in [3.05, 3.63) is 67.7 Å². The number of halogens is 2. The third-order valence-electron chi connectivity index (χ3n) is 2.83. The van der Waals surface area contributed by atoms with Crippen LogP contribution in [0.4, 0.5) is 11.4 Å². The Labute approximate surface area is 126 Å². The number of nitro groups is 1. The van der Waals surface area contributed by atoms with E-state index in [9.17, 15) is 10.1 Å². The summed E-state index contributed by atoms with van der Waals surface area (Å²) in [6, 6.07) is 9.98. The molecule has 0 spiro atoms. The lowest BCUT2D eigenvalue weighted by molar-refractivity contribution is -0.384. The molecule has 6 heteroatoms. The third kappa shape index (κ3) is 3.40. The van der Waals surface area contributed by atoms with Gasteiger partial charge in [-0.05, 0) is 36.2 Å². The van der Waals surface area contributed by atoms with Gasteiger partial charge in [-0.15, -0.1) is 0 Å². The monoisotopic (exact) mass is 310 g/mol. The quantitative estimate of drug-likeness (QED) is 0.650. The SMILES string of the molecule is Cc1ccc(Cl)c(NCc2cc([N+](=O)[O-])ccc2Cl)c1. The van der Waals surface area contributed by atoms with Crippen LogP contribution in [0.1, 0.15) is 11.1 Å². The van der Waals surface area contributed by atoms with Gasteiger partial charge in [-0.2, -0.15) is 0 Å². The Morgan fingerprint density at radius 3 is 2.55 bits per heavy atom. The van der Waals surface area contributed by atoms with Crippen LogP contribution in [0.2, 0.25) is 10.0 Å². The van der Waals surface area contributed by atoms with E-state index in [1.165, 1.54) is 18.2 Å². The van der Waals surface area contributed by atoms with Crippen molar-refractivity contribution in [2.45, 2.75) is 13.5 Å². The fourth-order valence-electron chi connectivity index (χ4n) is 1.78. The summed E-state index contributed by atoms with van der Waals surface area (Å²) < 4.78 is 0. The first-order valence-corrected chi connectivity index (χ1v) is 6.66. The van der Waals surface area contributed by atoms with E-state index in [-0.39, 0.29) is 5.69 Å². The number of non-ortho nitro benzene ring substituents is 1. The highest BCUT2D eigenvalue weighted by Gasteiger charge is 2.10. The van der Waals surface area contributed by atoms with Crippen LogP contribution in [0.3, 0.4) is 0 Å². The van der Waals surface area contributed by atoms with Crippen molar-refractivity contribution in [1.82, 2.24) is 0 Å². The third-order valence-corrected chi connectivity index (χ3v) is 3.53. The molecular weight excluding hydrogens is 299 g/mol. The molecule has 0 heterocycles. The molecule has 0 aliphatic rings. The summed E-state index contributed by atoms with van der Waals surface area (Å²) in [6.45, 7) is 2.32. The molecule has 0 unspecified atom stereocenters. The Balaban J connectivity index is 2.20. The molecule has 0 aliphatic carbocycles. The van der Waals surface area contributed by atoms with Gasteiger partial charge in [0, 0.05) is 23.7 Å². The lowest BCUT2D eigenvalue weighted by Gasteiger charge is -2.10. The van der Waals surface area contributed by atoms with Gasteiger partial charge in [0.1, 0.15) is 0 Å². The van der Waals surface area contributed by atoms with E-state index in [2.05, 4.69) is 5.32 Å². The fourth-order valence-corrected chi connectivity index (χ4v) is 2.14. The maximum atomic E-state index is 10.8. The highest BCUT2D eigenvalue weighted by molar-refractivity contribution is 6.33. The van der Waals surface area contributed by atoms with E-state index >= 15 is 0 Å². The first-order valence-electron chi connectivity index (χ1n) is 5.90. The van der Waals surface area contributed by atoms with E-state index in [1.807, 2.05) is 19.1 Å². The van der Waals surface area contributed by atoms with Crippen LogP contribution in [0.15, 0.2) is 36.4 Å². The molecule has 0 saturated heterocycles. The van der Waals surface area contributed by atoms with Crippen molar-refractivity contribution >= 4 is 34.6 Å². The van der Waals surface area contributed by atoms with Gasteiger partial charge in [-0.1, -0.05) is 29.3 Å². The Morgan fingerprint density at radius 2 is 1.85 bits per heavy atom. The number of nitro benzene ring substituents is 1. The summed E-state index contributed by atoms with van der Waals surface area (Å²) in [6.07, 6.45) is 0. The Morgan fingerprint density at radius 1 is 1.15 bits per heavy atom. The molecule has 1 N–H and O–H groups in total. The second-order valence-electron chi connectivity index (χ2n) is 4.37. The number of anilines is 1. The second-order valence-corrected chi connectivity index (χ2v) is 5.18. The zero-order valence-corrected chi connectivity index (χ0v) is 12.2. The van der Waals surface area contributed by atoms with Crippen LogP contribution in [0, 0.1) is 17.0 Å². The van der Waals surface area contributed by atoms with Gasteiger partial charge >= 0.3 is 0 Å². The number of hydrogen-bond acceptors (Lipinski definition) is 3. The van der Waals surface area contributed by atoms with Crippen LogP contribution >= 0.6 is 23.2 Å². The number of hydrogen-bond donors (Lipinski definition) is 1. The van der Waals surface area contributed by atoms with Crippen LogP contribution in [0.5, 0.6) is 0 Å². The molecule has 2 rings (SSSR count). The van der Waals surface area contributed by atoms with Gasteiger partial charge in [0.2, 0.25) is 0 Å². The predicted octanol–water partition coefficient (Wildman–Crippen LogP) is 4.82. The van der Waals surface area contributed by atoms with Crippen molar-refractivity contribution in [2.75, 3.05) is 5.32 Å². The highest BCUT2D eigenvalue weighted by atomic mass is 35.5. The lowest BCUT2D eigenvalue weighted by Crippen LogP contribution is -2.02. The minimum atomic E-state index is -0.445. The van der Waals surface area contributed by atoms with E-state index in [4.69, 9.17) is 23.2 Å². The van der Waals surface area contributed by atoms with E-state index in [0.29, 0.717) is 22.2 Å². The summed E-state index contributed by atoms with van der Waals surface area (Å²) in [5.41, 5.74) is 2.51. The maximum absolute atomic E-state index is 10.8. The zero-order valence-electron chi connectivity index (χ0n) is 10.7. The minimum Gasteiger partial charge on any atom is -0.380 e. The van der Waals surface area contributed by atoms with E-state index < -0.39 is 4.92 Å². The molecular formula is C14H12Cl2N2O2. The fraction of sp³-hybridized carbons (Fsp3) is 0.143. The van der Waals surface area contributed by atoms with Crippen molar-refractivity contribution in [2.24, 2.45) is 0 Å². The molecule has 2 aromatic rings. The predicted molar refractivity (Wildman–Crippen MR) is 81.6 cm³/mol. The smallest absolute Gasteiger partial charge is 0.269 e. The molecule has 0 atom stereocenters. The molecule has 0 amide bonds. The van der Waals surface area contributed by atoms with Crippen molar-refractivity contribution in [3.63, 3.8) is 0 Å². The van der Waals surface area contributed by atoms with E-state index in [0.717, 1.165) is 11.3 Å². The average molecular weight is 311 g/mol. The molecule has 0 aromatic heterocycles. The van der Waals surface area contributed by atoms with Gasteiger partial charge in [-0.3, -0.25) is 10.1 Å².